The molecule has 1 aromatic rings. The number of rotatable bonds is 3. The fourth-order valence-electron chi connectivity index (χ4n) is 3.00. The third-order valence-electron chi connectivity index (χ3n) is 4.12. The maximum absolute atomic E-state index is 12.2. The van der Waals surface area contributed by atoms with Gasteiger partial charge < -0.3 is 9.84 Å². The minimum absolute atomic E-state index is 0.365. The van der Waals surface area contributed by atoms with Gasteiger partial charge in [-0.15, -0.1) is 0 Å². The summed E-state index contributed by atoms with van der Waals surface area (Å²) in [7, 11) is 1.36. The number of aliphatic hydroxyl groups is 1. The van der Waals surface area contributed by atoms with Crippen LogP contribution in [0.1, 0.15) is 43.8 Å². The lowest BCUT2D eigenvalue weighted by Gasteiger charge is -2.38. The highest BCUT2D eigenvalue weighted by atomic mass is 35.5. The van der Waals surface area contributed by atoms with Crippen molar-refractivity contribution in [1.29, 1.82) is 0 Å². The fourth-order valence-corrected chi connectivity index (χ4v) is 3.51. The van der Waals surface area contributed by atoms with E-state index >= 15 is 0 Å². The average Bonchev–Trinajstić information content (AvgIpc) is 2.46. The molecule has 0 amide bonds. The number of benzene rings is 1. The average molecular weight is 317 g/mol. The summed E-state index contributed by atoms with van der Waals surface area (Å²) < 4.78 is 4.93. The van der Waals surface area contributed by atoms with E-state index in [1.165, 1.54) is 7.11 Å². The van der Waals surface area contributed by atoms with Crippen molar-refractivity contribution >= 4 is 29.2 Å². The third-order valence-corrected chi connectivity index (χ3v) is 4.68. The molecule has 3 nitrogen and oxygen atoms in total. The van der Waals surface area contributed by atoms with Crippen LogP contribution >= 0.6 is 23.2 Å². The smallest absolute Gasteiger partial charge is 0.314 e. The monoisotopic (exact) mass is 316 g/mol. The Kier molecular flexibility index (Phi) is 4.95. The Morgan fingerprint density at radius 2 is 1.95 bits per heavy atom. The van der Waals surface area contributed by atoms with Crippen molar-refractivity contribution in [3.63, 3.8) is 0 Å². The highest BCUT2D eigenvalue weighted by Crippen LogP contribution is 2.48. The molecule has 1 aliphatic carbocycles. The minimum atomic E-state index is -0.972. The molecule has 1 N–H and O–H groups in total. The largest absolute Gasteiger partial charge is 0.469 e. The lowest BCUT2D eigenvalue weighted by molar-refractivity contribution is -0.164. The number of hydrogen-bond donors (Lipinski definition) is 1. The van der Waals surface area contributed by atoms with E-state index in [4.69, 9.17) is 27.9 Å². The van der Waals surface area contributed by atoms with Crippen LogP contribution in [0.15, 0.2) is 18.2 Å². The van der Waals surface area contributed by atoms with Crippen molar-refractivity contribution in [1.82, 2.24) is 0 Å². The molecule has 0 radical (unpaired) electrons. The topological polar surface area (TPSA) is 46.5 Å². The van der Waals surface area contributed by atoms with Gasteiger partial charge in [0, 0.05) is 15.6 Å². The summed E-state index contributed by atoms with van der Waals surface area (Å²) in [5.74, 6) is -0.365. The first kappa shape index (κ1) is 15.6. The molecule has 1 fully saturated rings. The first-order valence-corrected chi connectivity index (χ1v) is 7.48. The molecule has 0 spiro atoms. The number of aliphatic hydroxyl groups excluding tert-OH is 1. The van der Waals surface area contributed by atoms with Gasteiger partial charge in [0.25, 0.3) is 0 Å². The van der Waals surface area contributed by atoms with Crippen molar-refractivity contribution in [2.75, 3.05) is 7.11 Å². The number of carbonyl (C=O) groups excluding carboxylic acids is 1. The molecular weight excluding hydrogens is 299 g/mol. The lowest BCUT2D eigenvalue weighted by Crippen LogP contribution is -2.40. The Hall–Kier alpha value is -0.770. The zero-order valence-corrected chi connectivity index (χ0v) is 12.9. The summed E-state index contributed by atoms with van der Waals surface area (Å²) in [5, 5.41) is 11.6. The number of esters is 1. The van der Waals surface area contributed by atoms with Crippen molar-refractivity contribution in [2.24, 2.45) is 5.41 Å². The molecule has 1 saturated carbocycles. The SMILES string of the molecule is COC(=O)C1(C(O)c2ccc(Cl)cc2Cl)CCCCC1. The van der Waals surface area contributed by atoms with Crippen LogP contribution in [-0.4, -0.2) is 18.2 Å². The molecular formula is C15H18Cl2O3. The van der Waals surface area contributed by atoms with Gasteiger partial charge in [-0.1, -0.05) is 48.5 Å². The van der Waals surface area contributed by atoms with Crippen LogP contribution in [0.25, 0.3) is 0 Å². The summed E-state index contributed by atoms with van der Waals surface area (Å²) >= 11 is 12.0. The van der Waals surface area contributed by atoms with Gasteiger partial charge in [0.05, 0.1) is 18.6 Å². The van der Waals surface area contributed by atoms with Crippen molar-refractivity contribution in [3.05, 3.63) is 33.8 Å². The Morgan fingerprint density at radius 3 is 2.50 bits per heavy atom. The highest BCUT2D eigenvalue weighted by molar-refractivity contribution is 6.35. The van der Waals surface area contributed by atoms with Crippen LogP contribution in [0.2, 0.25) is 10.0 Å². The van der Waals surface area contributed by atoms with Gasteiger partial charge in [0.1, 0.15) is 0 Å². The molecule has 1 aliphatic rings. The summed E-state index contributed by atoms with van der Waals surface area (Å²) in [6, 6.07) is 4.92. The molecule has 0 aliphatic heterocycles. The number of carbonyl (C=O) groups is 1. The van der Waals surface area contributed by atoms with Gasteiger partial charge in [-0.25, -0.2) is 0 Å². The Balaban J connectivity index is 2.40. The Labute approximate surface area is 128 Å². The van der Waals surface area contributed by atoms with Gasteiger partial charge in [-0.05, 0) is 25.0 Å². The van der Waals surface area contributed by atoms with Crippen LogP contribution in [0, 0.1) is 5.41 Å². The Morgan fingerprint density at radius 1 is 1.30 bits per heavy atom. The van der Waals surface area contributed by atoms with Crippen molar-refractivity contribution in [3.8, 4) is 0 Å². The quantitative estimate of drug-likeness (QED) is 0.852. The van der Waals surface area contributed by atoms with Gasteiger partial charge in [0.2, 0.25) is 0 Å². The second-order valence-corrected chi connectivity index (χ2v) is 6.12. The summed E-state index contributed by atoms with van der Waals surface area (Å²) in [6.07, 6.45) is 3.12. The zero-order valence-electron chi connectivity index (χ0n) is 11.4. The second-order valence-electron chi connectivity index (χ2n) is 5.28. The maximum Gasteiger partial charge on any atom is 0.314 e. The zero-order chi connectivity index (χ0) is 14.8. The summed E-state index contributed by atoms with van der Waals surface area (Å²) in [4.78, 5) is 12.2. The van der Waals surface area contributed by atoms with E-state index in [0.717, 1.165) is 19.3 Å². The van der Waals surface area contributed by atoms with E-state index in [0.29, 0.717) is 28.5 Å². The van der Waals surface area contributed by atoms with E-state index in [2.05, 4.69) is 0 Å². The van der Waals surface area contributed by atoms with Crippen LogP contribution in [0.5, 0.6) is 0 Å². The highest BCUT2D eigenvalue weighted by Gasteiger charge is 2.47. The molecule has 0 aromatic heterocycles. The van der Waals surface area contributed by atoms with Crippen molar-refractivity contribution < 1.29 is 14.6 Å². The molecule has 2 rings (SSSR count). The molecule has 20 heavy (non-hydrogen) atoms. The van der Waals surface area contributed by atoms with E-state index in [1.807, 2.05) is 0 Å². The van der Waals surface area contributed by atoms with E-state index in [1.54, 1.807) is 18.2 Å². The molecule has 0 saturated heterocycles. The molecule has 1 aromatic carbocycles. The van der Waals surface area contributed by atoms with Crippen LogP contribution in [0.3, 0.4) is 0 Å². The standard InChI is InChI=1S/C15H18Cl2O3/c1-20-14(19)15(7-3-2-4-8-15)13(18)11-6-5-10(16)9-12(11)17/h5-6,9,13,18H,2-4,7-8H2,1H3. The third kappa shape index (κ3) is 2.80. The van der Waals surface area contributed by atoms with Gasteiger partial charge >= 0.3 is 5.97 Å². The van der Waals surface area contributed by atoms with Gasteiger partial charge in [-0.2, -0.15) is 0 Å². The lowest BCUT2D eigenvalue weighted by atomic mass is 9.68. The van der Waals surface area contributed by atoms with Gasteiger partial charge in [-0.3, -0.25) is 4.79 Å². The predicted molar refractivity (Wildman–Crippen MR) is 79.0 cm³/mol. The fraction of sp³-hybridized carbons (Fsp3) is 0.533. The normalized spacial score (nSPS) is 19.4. The molecule has 0 heterocycles. The summed E-state index contributed by atoms with van der Waals surface area (Å²) in [6.45, 7) is 0. The molecule has 1 atom stereocenters. The van der Waals surface area contributed by atoms with E-state index < -0.39 is 11.5 Å². The maximum atomic E-state index is 12.2. The minimum Gasteiger partial charge on any atom is -0.469 e. The molecule has 110 valence electrons. The number of ether oxygens (including phenoxy) is 1. The molecule has 0 bridgehead atoms. The first-order chi connectivity index (χ1) is 9.51. The predicted octanol–water partition coefficient (Wildman–Crippen LogP) is 4.15. The van der Waals surface area contributed by atoms with Gasteiger partial charge in [0.15, 0.2) is 0 Å². The van der Waals surface area contributed by atoms with E-state index in [9.17, 15) is 9.90 Å². The Bertz CT molecular complexity index is 496. The summed E-state index contributed by atoms with van der Waals surface area (Å²) in [5.41, 5.74) is -0.367. The number of methoxy groups -OCH3 is 1. The molecule has 1 unspecified atom stereocenters. The second kappa shape index (κ2) is 6.33. The van der Waals surface area contributed by atoms with Crippen LogP contribution in [-0.2, 0) is 9.53 Å². The number of hydrogen-bond acceptors (Lipinski definition) is 3. The van der Waals surface area contributed by atoms with Crippen molar-refractivity contribution in [2.45, 2.75) is 38.2 Å². The van der Waals surface area contributed by atoms with Crippen LogP contribution < -0.4 is 0 Å². The first-order valence-electron chi connectivity index (χ1n) is 6.73. The molecule has 5 heteroatoms. The van der Waals surface area contributed by atoms with Crippen LogP contribution in [0.4, 0.5) is 0 Å². The number of halogens is 2. The van der Waals surface area contributed by atoms with E-state index in [-0.39, 0.29) is 5.97 Å².